The van der Waals surface area contributed by atoms with Crippen molar-refractivity contribution in [3.8, 4) is 0 Å². The standard InChI is InChI=1S/C26H28N4O2/c31-25(23-11-5-8-19-6-1-3-9-21(19)23)28-18-24-22-10-4-2-7-20(22)12-14-29(24)16-17-30-15-13-27-26(30)32/h1-11,24H,12-18H2,(H,27,32)(H,28,31). The van der Waals surface area contributed by atoms with E-state index in [1.807, 2.05) is 47.4 Å². The first-order chi connectivity index (χ1) is 15.7. The second kappa shape index (κ2) is 9.01. The quantitative estimate of drug-likeness (QED) is 0.634. The third-order valence-corrected chi connectivity index (χ3v) is 6.62. The number of nitrogens with one attached hydrogen (secondary N) is 2. The van der Waals surface area contributed by atoms with Gasteiger partial charge in [0.25, 0.3) is 5.91 Å². The molecule has 164 valence electrons. The lowest BCUT2D eigenvalue weighted by Gasteiger charge is -2.38. The molecule has 2 heterocycles. The molecule has 0 spiro atoms. The molecule has 0 aliphatic carbocycles. The fourth-order valence-corrected chi connectivity index (χ4v) is 4.89. The molecule has 2 N–H and O–H groups in total. The van der Waals surface area contributed by atoms with Gasteiger partial charge < -0.3 is 15.5 Å². The molecular formula is C26H28N4O2. The van der Waals surface area contributed by atoms with Crippen molar-refractivity contribution in [1.82, 2.24) is 20.4 Å². The Bertz CT molecular complexity index is 1140. The summed E-state index contributed by atoms with van der Waals surface area (Å²) in [6.45, 7) is 4.41. The van der Waals surface area contributed by atoms with Crippen LogP contribution >= 0.6 is 0 Å². The van der Waals surface area contributed by atoms with Gasteiger partial charge in [-0.25, -0.2) is 4.79 Å². The molecular weight excluding hydrogens is 400 g/mol. The van der Waals surface area contributed by atoms with E-state index in [1.165, 1.54) is 11.1 Å². The second-order valence-electron chi connectivity index (χ2n) is 8.46. The fourth-order valence-electron chi connectivity index (χ4n) is 4.89. The average molecular weight is 429 g/mol. The van der Waals surface area contributed by atoms with Gasteiger partial charge in [0.05, 0.1) is 6.04 Å². The number of rotatable bonds is 6. The number of nitrogens with zero attached hydrogens (tertiary/aromatic N) is 2. The van der Waals surface area contributed by atoms with Crippen molar-refractivity contribution in [2.45, 2.75) is 12.5 Å². The van der Waals surface area contributed by atoms with E-state index in [0.717, 1.165) is 36.8 Å². The van der Waals surface area contributed by atoms with E-state index in [2.05, 4.69) is 39.8 Å². The molecule has 6 heteroatoms. The SMILES string of the molecule is O=C(NCC1c2ccccc2CCN1CCN1CCNC1=O)c1cccc2ccccc12. The molecule has 0 bridgehead atoms. The molecule has 6 nitrogen and oxygen atoms in total. The maximum absolute atomic E-state index is 13.1. The van der Waals surface area contributed by atoms with Crippen LogP contribution in [0.25, 0.3) is 10.8 Å². The van der Waals surface area contributed by atoms with Gasteiger partial charge >= 0.3 is 6.03 Å². The van der Waals surface area contributed by atoms with Crippen LogP contribution in [0.1, 0.15) is 27.5 Å². The van der Waals surface area contributed by atoms with Crippen LogP contribution in [0.3, 0.4) is 0 Å². The summed E-state index contributed by atoms with van der Waals surface area (Å²) in [7, 11) is 0. The average Bonchev–Trinajstić information content (AvgIpc) is 3.25. The largest absolute Gasteiger partial charge is 0.350 e. The number of carbonyl (C=O) groups excluding carboxylic acids is 2. The Morgan fingerprint density at radius 3 is 2.66 bits per heavy atom. The number of hydrogen-bond acceptors (Lipinski definition) is 3. The minimum Gasteiger partial charge on any atom is -0.350 e. The van der Waals surface area contributed by atoms with Crippen molar-refractivity contribution in [3.63, 3.8) is 0 Å². The van der Waals surface area contributed by atoms with Crippen LogP contribution < -0.4 is 10.6 Å². The van der Waals surface area contributed by atoms with Crippen molar-refractivity contribution in [1.29, 1.82) is 0 Å². The Hall–Kier alpha value is -3.38. The molecule has 2 aliphatic heterocycles. The van der Waals surface area contributed by atoms with Gasteiger partial charge in [-0.05, 0) is 34.4 Å². The third kappa shape index (κ3) is 4.06. The van der Waals surface area contributed by atoms with E-state index in [-0.39, 0.29) is 18.0 Å². The number of amides is 3. The summed E-state index contributed by atoms with van der Waals surface area (Å²) in [5.41, 5.74) is 3.31. The summed E-state index contributed by atoms with van der Waals surface area (Å²) in [4.78, 5) is 29.4. The van der Waals surface area contributed by atoms with Gasteiger partial charge in [0.1, 0.15) is 0 Å². The smallest absolute Gasteiger partial charge is 0.317 e. The molecule has 5 rings (SSSR count). The number of fused-ring (bicyclic) bond motifs is 2. The zero-order chi connectivity index (χ0) is 21.9. The summed E-state index contributed by atoms with van der Waals surface area (Å²) in [6.07, 6.45) is 0.982. The van der Waals surface area contributed by atoms with Gasteiger partial charge in [0, 0.05) is 44.8 Å². The molecule has 3 amide bonds. The lowest BCUT2D eigenvalue weighted by molar-refractivity contribution is 0.0927. The van der Waals surface area contributed by atoms with Crippen LogP contribution in [-0.2, 0) is 6.42 Å². The minimum absolute atomic E-state index is 0.0169. The van der Waals surface area contributed by atoms with E-state index in [0.29, 0.717) is 25.2 Å². The normalized spacial score (nSPS) is 18.4. The van der Waals surface area contributed by atoms with Crippen molar-refractivity contribution in [3.05, 3.63) is 83.4 Å². The Morgan fingerprint density at radius 1 is 0.969 bits per heavy atom. The third-order valence-electron chi connectivity index (χ3n) is 6.62. The number of urea groups is 1. The van der Waals surface area contributed by atoms with Crippen LogP contribution in [0.15, 0.2) is 66.7 Å². The molecule has 1 unspecified atom stereocenters. The number of carbonyl (C=O) groups is 2. The van der Waals surface area contributed by atoms with E-state index in [4.69, 9.17) is 0 Å². The lowest BCUT2D eigenvalue weighted by atomic mass is 9.92. The Kier molecular flexibility index (Phi) is 5.77. The lowest BCUT2D eigenvalue weighted by Crippen LogP contribution is -2.45. The molecule has 0 aromatic heterocycles. The summed E-state index contributed by atoms with van der Waals surface area (Å²) >= 11 is 0. The van der Waals surface area contributed by atoms with E-state index < -0.39 is 0 Å². The van der Waals surface area contributed by atoms with Crippen LogP contribution in [0.5, 0.6) is 0 Å². The highest BCUT2D eigenvalue weighted by atomic mass is 16.2. The molecule has 1 atom stereocenters. The molecule has 3 aromatic rings. The summed E-state index contributed by atoms with van der Waals surface area (Å²) in [5, 5.41) is 8.09. The molecule has 3 aromatic carbocycles. The highest BCUT2D eigenvalue weighted by Crippen LogP contribution is 2.29. The van der Waals surface area contributed by atoms with Crippen LogP contribution in [-0.4, -0.2) is 61.0 Å². The maximum Gasteiger partial charge on any atom is 0.317 e. The zero-order valence-corrected chi connectivity index (χ0v) is 18.1. The highest BCUT2D eigenvalue weighted by Gasteiger charge is 2.29. The predicted molar refractivity (Wildman–Crippen MR) is 126 cm³/mol. The van der Waals surface area contributed by atoms with Crippen LogP contribution in [0.4, 0.5) is 4.79 Å². The van der Waals surface area contributed by atoms with E-state index >= 15 is 0 Å². The van der Waals surface area contributed by atoms with Gasteiger partial charge in [-0.15, -0.1) is 0 Å². The zero-order valence-electron chi connectivity index (χ0n) is 18.1. The number of benzene rings is 3. The Balaban J connectivity index is 1.33. The monoisotopic (exact) mass is 428 g/mol. The van der Waals surface area contributed by atoms with Gasteiger partial charge in [0.15, 0.2) is 0 Å². The Labute approximate surface area is 188 Å². The minimum atomic E-state index is -0.0521. The van der Waals surface area contributed by atoms with Crippen molar-refractivity contribution in [2.75, 3.05) is 39.3 Å². The van der Waals surface area contributed by atoms with Crippen molar-refractivity contribution in [2.24, 2.45) is 0 Å². The van der Waals surface area contributed by atoms with E-state index in [9.17, 15) is 9.59 Å². The summed E-state index contributed by atoms with van der Waals surface area (Å²) in [5.74, 6) is -0.0521. The second-order valence-corrected chi connectivity index (χ2v) is 8.46. The van der Waals surface area contributed by atoms with Gasteiger partial charge in [-0.3, -0.25) is 9.69 Å². The first-order valence-electron chi connectivity index (χ1n) is 11.3. The van der Waals surface area contributed by atoms with E-state index in [1.54, 1.807) is 0 Å². The van der Waals surface area contributed by atoms with Gasteiger partial charge in [0.2, 0.25) is 0 Å². The molecule has 0 saturated carbocycles. The number of hydrogen-bond donors (Lipinski definition) is 2. The van der Waals surface area contributed by atoms with Gasteiger partial charge in [-0.2, -0.15) is 0 Å². The fraction of sp³-hybridized carbons (Fsp3) is 0.308. The molecule has 0 radical (unpaired) electrons. The molecule has 1 saturated heterocycles. The summed E-state index contributed by atoms with van der Waals surface area (Å²) < 4.78 is 0. The topological polar surface area (TPSA) is 64.7 Å². The first kappa shape index (κ1) is 20.5. The molecule has 2 aliphatic rings. The van der Waals surface area contributed by atoms with Crippen molar-refractivity contribution < 1.29 is 9.59 Å². The van der Waals surface area contributed by atoms with Crippen molar-refractivity contribution >= 4 is 22.7 Å². The molecule has 32 heavy (non-hydrogen) atoms. The molecule has 1 fully saturated rings. The Morgan fingerprint density at radius 2 is 1.78 bits per heavy atom. The predicted octanol–water partition coefficient (Wildman–Crippen LogP) is 3.19. The van der Waals surface area contributed by atoms with Crippen LogP contribution in [0, 0.1) is 0 Å². The van der Waals surface area contributed by atoms with Crippen LogP contribution in [0.2, 0.25) is 0 Å². The summed E-state index contributed by atoms with van der Waals surface area (Å²) in [6, 6.07) is 22.4. The highest BCUT2D eigenvalue weighted by molar-refractivity contribution is 6.07. The maximum atomic E-state index is 13.1. The van der Waals surface area contributed by atoms with Gasteiger partial charge in [-0.1, -0.05) is 60.7 Å². The first-order valence-corrected chi connectivity index (χ1v) is 11.3.